The Morgan fingerprint density at radius 1 is 1.04 bits per heavy atom. The molecule has 116 valence electrons. The third-order valence-corrected chi connectivity index (χ3v) is 4.28. The van der Waals surface area contributed by atoms with Crippen molar-refractivity contribution < 1.29 is 4.74 Å². The molecule has 2 aromatic carbocycles. The van der Waals surface area contributed by atoms with E-state index in [0.717, 1.165) is 44.5 Å². The molecule has 0 aliphatic rings. The van der Waals surface area contributed by atoms with Crippen LogP contribution in [0.2, 0.25) is 0 Å². The summed E-state index contributed by atoms with van der Waals surface area (Å²) in [6.07, 6.45) is 0. The first-order valence-corrected chi connectivity index (χ1v) is 7.67. The largest absolute Gasteiger partial charge is 0.497 e. The van der Waals surface area contributed by atoms with Crippen LogP contribution in [0.25, 0.3) is 33.1 Å². The standard InChI is InChI=1S/C20H15N3O/c1-12-20-17(16-9-13(11-21)3-8-18(16)23-20)10-19(22-12)14-4-6-15(24-2)7-5-14/h3-10,23H,1-2H3. The van der Waals surface area contributed by atoms with Crippen molar-refractivity contribution in [2.45, 2.75) is 6.92 Å². The Hall–Kier alpha value is -3.32. The summed E-state index contributed by atoms with van der Waals surface area (Å²) in [5.41, 5.74) is 5.56. The number of nitrogens with one attached hydrogen (secondary N) is 1. The number of rotatable bonds is 2. The summed E-state index contributed by atoms with van der Waals surface area (Å²) in [6, 6.07) is 17.8. The minimum Gasteiger partial charge on any atom is -0.497 e. The van der Waals surface area contributed by atoms with Crippen LogP contribution >= 0.6 is 0 Å². The number of benzene rings is 2. The third-order valence-electron chi connectivity index (χ3n) is 4.28. The van der Waals surface area contributed by atoms with Gasteiger partial charge in [-0.2, -0.15) is 5.26 Å². The molecule has 1 N–H and O–H groups in total. The average molecular weight is 313 g/mol. The Balaban J connectivity index is 1.97. The van der Waals surface area contributed by atoms with Gasteiger partial charge in [-0.1, -0.05) is 0 Å². The summed E-state index contributed by atoms with van der Waals surface area (Å²) in [4.78, 5) is 8.13. The Morgan fingerprint density at radius 3 is 2.54 bits per heavy atom. The second kappa shape index (κ2) is 5.39. The number of H-pyrrole nitrogens is 1. The molecule has 0 unspecified atom stereocenters. The van der Waals surface area contributed by atoms with Crippen LogP contribution in [0.3, 0.4) is 0 Å². The highest BCUT2D eigenvalue weighted by molar-refractivity contribution is 6.09. The van der Waals surface area contributed by atoms with E-state index in [4.69, 9.17) is 15.0 Å². The van der Waals surface area contributed by atoms with E-state index in [1.54, 1.807) is 7.11 Å². The van der Waals surface area contributed by atoms with Gasteiger partial charge in [0.1, 0.15) is 5.75 Å². The fraction of sp³-hybridized carbons (Fsp3) is 0.100. The Labute approximate surface area is 139 Å². The molecule has 0 amide bonds. The number of aromatic amines is 1. The average Bonchev–Trinajstić information content (AvgIpc) is 3.00. The minimum atomic E-state index is 0.656. The van der Waals surface area contributed by atoms with E-state index < -0.39 is 0 Å². The molecule has 0 radical (unpaired) electrons. The molecule has 0 atom stereocenters. The SMILES string of the molecule is COc1ccc(-c2cc3c([nH]c4ccc(C#N)cc43)c(C)n2)cc1. The third kappa shape index (κ3) is 2.19. The number of hydrogen-bond donors (Lipinski definition) is 1. The second-order valence-electron chi connectivity index (χ2n) is 5.74. The molecular formula is C20H15N3O. The van der Waals surface area contributed by atoms with Gasteiger partial charge in [0, 0.05) is 21.9 Å². The van der Waals surface area contributed by atoms with Crippen LogP contribution in [0, 0.1) is 18.3 Å². The number of hydrogen-bond acceptors (Lipinski definition) is 3. The van der Waals surface area contributed by atoms with E-state index in [9.17, 15) is 0 Å². The highest BCUT2D eigenvalue weighted by Gasteiger charge is 2.11. The Kier molecular flexibility index (Phi) is 3.21. The van der Waals surface area contributed by atoms with Crippen molar-refractivity contribution in [3.8, 4) is 23.1 Å². The van der Waals surface area contributed by atoms with Crippen LogP contribution in [0.4, 0.5) is 0 Å². The Bertz CT molecular complexity index is 1100. The summed E-state index contributed by atoms with van der Waals surface area (Å²) < 4.78 is 5.21. The summed E-state index contributed by atoms with van der Waals surface area (Å²) in [6.45, 7) is 2.00. The van der Waals surface area contributed by atoms with Crippen molar-refractivity contribution in [2.24, 2.45) is 0 Å². The van der Waals surface area contributed by atoms with Gasteiger partial charge in [0.2, 0.25) is 0 Å². The fourth-order valence-electron chi connectivity index (χ4n) is 3.03. The molecule has 0 spiro atoms. The zero-order valence-corrected chi connectivity index (χ0v) is 13.4. The second-order valence-corrected chi connectivity index (χ2v) is 5.74. The van der Waals surface area contributed by atoms with Crippen molar-refractivity contribution in [1.82, 2.24) is 9.97 Å². The Morgan fingerprint density at radius 2 is 1.83 bits per heavy atom. The quantitative estimate of drug-likeness (QED) is 0.589. The van der Waals surface area contributed by atoms with Gasteiger partial charge in [-0.3, -0.25) is 4.98 Å². The van der Waals surface area contributed by atoms with E-state index >= 15 is 0 Å². The molecule has 4 aromatic rings. The van der Waals surface area contributed by atoms with Gasteiger partial charge in [0.25, 0.3) is 0 Å². The molecule has 0 saturated heterocycles. The highest BCUT2D eigenvalue weighted by atomic mass is 16.5. The van der Waals surface area contributed by atoms with E-state index in [1.807, 2.05) is 49.4 Å². The molecule has 2 heterocycles. The number of ether oxygens (including phenoxy) is 1. The molecule has 0 bridgehead atoms. The molecule has 0 aliphatic carbocycles. The molecule has 0 aliphatic heterocycles. The van der Waals surface area contributed by atoms with Gasteiger partial charge in [-0.05, 0) is 55.5 Å². The van der Waals surface area contributed by atoms with Crippen LogP contribution < -0.4 is 4.74 Å². The van der Waals surface area contributed by atoms with Gasteiger partial charge in [-0.15, -0.1) is 0 Å². The van der Waals surface area contributed by atoms with E-state index in [0.29, 0.717) is 5.56 Å². The number of methoxy groups -OCH3 is 1. The van der Waals surface area contributed by atoms with Gasteiger partial charge < -0.3 is 9.72 Å². The number of aryl methyl sites for hydroxylation is 1. The van der Waals surface area contributed by atoms with E-state index in [1.165, 1.54) is 0 Å². The maximum Gasteiger partial charge on any atom is 0.118 e. The molecule has 4 heteroatoms. The van der Waals surface area contributed by atoms with Crippen LogP contribution in [0.5, 0.6) is 5.75 Å². The number of nitrogens with zero attached hydrogens (tertiary/aromatic N) is 2. The predicted octanol–water partition coefficient (Wildman–Crippen LogP) is 4.57. The minimum absolute atomic E-state index is 0.656. The van der Waals surface area contributed by atoms with E-state index in [2.05, 4.69) is 17.1 Å². The van der Waals surface area contributed by atoms with Crippen molar-refractivity contribution in [3.05, 3.63) is 59.8 Å². The van der Waals surface area contributed by atoms with Gasteiger partial charge in [0.15, 0.2) is 0 Å². The fourth-order valence-corrected chi connectivity index (χ4v) is 3.03. The molecule has 0 saturated carbocycles. The van der Waals surface area contributed by atoms with Gasteiger partial charge >= 0.3 is 0 Å². The zero-order valence-electron chi connectivity index (χ0n) is 13.4. The highest BCUT2D eigenvalue weighted by Crippen LogP contribution is 2.31. The van der Waals surface area contributed by atoms with Crippen LogP contribution in [0.1, 0.15) is 11.3 Å². The lowest BCUT2D eigenvalue weighted by molar-refractivity contribution is 0.415. The topological polar surface area (TPSA) is 61.7 Å². The predicted molar refractivity (Wildman–Crippen MR) is 95.0 cm³/mol. The zero-order chi connectivity index (χ0) is 16.7. The number of pyridine rings is 1. The molecule has 0 fully saturated rings. The molecule has 24 heavy (non-hydrogen) atoms. The lowest BCUT2D eigenvalue weighted by Crippen LogP contribution is -1.89. The monoisotopic (exact) mass is 313 g/mol. The lowest BCUT2D eigenvalue weighted by Gasteiger charge is -2.05. The van der Waals surface area contributed by atoms with Crippen molar-refractivity contribution in [2.75, 3.05) is 7.11 Å². The maximum absolute atomic E-state index is 9.16. The summed E-state index contributed by atoms with van der Waals surface area (Å²) in [5.74, 6) is 0.822. The van der Waals surface area contributed by atoms with Crippen molar-refractivity contribution in [3.63, 3.8) is 0 Å². The number of aromatic nitrogens is 2. The summed E-state index contributed by atoms with van der Waals surface area (Å²) >= 11 is 0. The van der Waals surface area contributed by atoms with Crippen molar-refractivity contribution >= 4 is 21.8 Å². The van der Waals surface area contributed by atoms with Crippen LogP contribution in [-0.4, -0.2) is 17.1 Å². The molecule has 4 rings (SSSR count). The summed E-state index contributed by atoms with van der Waals surface area (Å²) in [5, 5.41) is 11.3. The molecule has 2 aromatic heterocycles. The van der Waals surface area contributed by atoms with Crippen LogP contribution in [0.15, 0.2) is 48.5 Å². The van der Waals surface area contributed by atoms with Gasteiger partial charge in [0.05, 0.1) is 35.6 Å². The maximum atomic E-state index is 9.16. The van der Waals surface area contributed by atoms with Crippen LogP contribution in [-0.2, 0) is 0 Å². The molecular weight excluding hydrogens is 298 g/mol. The summed E-state index contributed by atoms with van der Waals surface area (Å²) in [7, 11) is 1.65. The van der Waals surface area contributed by atoms with E-state index in [-0.39, 0.29) is 0 Å². The number of fused-ring (bicyclic) bond motifs is 3. The first-order chi connectivity index (χ1) is 11.7. The van der Waals surface area contributed by atoms with Crippen molar-refractivity contribution in [1.29, 1.82) is 5.26 Å². The smallest absolute Gasteiger partial charge is 0.118 e. The number of nitriles is 1. The molecule has 4 nitrogen and oxygen atoms in total. The first-order valence-electron chi connectivity index (χ1n) is 7.67. The first kappa shape index (κ1) is 14.3. The van der Waals surface area contributed by atoms with Gasteiger partial charge in [-0.25, -0.2) is 0 Å². The lowest BCUT2D eigenvalue weighted by atomic mass is 10.1. The normalized spacial score (nSPS) is 10.9.